The Morgan fingerprint density at radius 3 is 2.00 bits per heavy atom. The lowest BCUT2D eigenvalue weighted by atomic mass is 10.2. The number of para-hydroxylation sites is 1. The summed E-state index contributed by atoms with van der Waals surface area (Å²) in [5.74, 6) is -0.784. The van der Waals surface area contributed by atoms with Gasteiger partial charge in [0.25, 0.3) is 10.0 Å². The monoisotopic (exact) mass is 319 g/mol. The molecule has 0 spiro atoms. The van der Waals surface area contributed by atoms with Crippen LogP contribution in [0.3, 0.4) is 0 Å². The predicted octanol–water partition coefficient (Wildman–Crippen LogP) is 3.65. The van der Waals surface area contributed by atoms with Crippen LogP contribution < -0.4 is 4.72 Å². The molecule has 2 aromatic rings. The molecule has 0 saturated heterocycles. The van der Waals surface area contributed by atoms with E-state index < -0.39 is 32.5 Å². The van der Waals surface area contributed by atoms with Crippen molar-refractivity contribution in [1.29, 1.82) is 0 Å². The zero-order valence-corrected chi connectivity index (χ0v) is 11.2. The molecule has 0 fully saturated rings. The second-order valence-electron chi connectivity index (χ2n) is 4.11. The SMILES string of the molecule is O=S(=O)(Nc1ccccc1F)c1ccc(C(F)(F)F)cc1. The summed E-state index contributed by atoms with van der Waals surface area (Å²) in [6.45, 7) is 0. The lowest BCUT2D eigenvalue weighted by molar-refractivity contribution is -0.137. The summed E-state index contributed by atoms with van der Waals surface area (Å²) in [5.41, 5.74) is -1.25. The summed E-state index contributed by atoms with van der Waals surface area (Å²) in [4.78, 5) is -0.390. The van der Waals surface area contributed by atoms with E-state index in [0.29, 0.717) is 12.1 Å². The van der Waals surface area contributed by atoms with E-state index in [9.17, 15) is 26.0 Å². The van der Waals surface area contributed by atoms with Crippen molar-refractivity contribution in [3.63, 3.8) is 0 Å². The number of sulfonamides is 1. The summed E-state index contributed by atoms with van der Waals surface area (Å²) in [6.07, 6.45) is -4.55. The molecule has 112 valence electrons. The maximum absolute atomic E-state index is 13.4. The van der Waals surface area contributed by atoms with E-state index in [4.69, 9.17) is 0 Å². The van der Waals surface area contributed by atoms with Crippen LogP contribution in [-0.4, -0.2) is 8.42 Å². The third-order valence-corrected chi connectivity index (χ3v) is 3.99. The van der Waals surface area contributed by atoms with Gasteiger partial charge in [-0.2, -0.15) is 13.2 Å². The number of halogens is 4. The molecule has 1 N–H and O–H groups in total. The zero-order chi connectivity index (χ0) is 15.7. The normalized spacial score (nSPS) is 12.2. The maximum atomic E-state index is 13.4. The Morgan fingerprint density at radius 1 is 0.905 bits per heavy atom. The van der Waals surface area contributed by atoms with Gasteiger partial charge in [0.1, 0.15) is 5.82 Å². The van der Waals surface area contributed by atoms with E-state index in [2.05, 4.69) is 0 Å². The average molecular weight is 319 g/mol. The molecule has 0 heterocycles. The Balaban J connectivity index is 2.30. The highest BCUT2D eigenvalue weighted by molar-refractivity contribution is 7.92. The maximum Gasteiger partial charge on any atom is 0.416 e. The van der Waals surface area contributed by atoms with Crippen molar-refractivity contribution in [2.45, 2.75) is 11.1 Å². The molecule has 2 aromatic carbocycles. The molecule has 0 aliphatic rings. The van der Waals surface area contributed by atoms with E-state index in [-0.39, 0.29) is 5.69 Å². The van der Waals surface area contributed by atoms with Gasteiger partial charge in [-0.3, -0.25) is 4.72 Å². The van der Waals surface area contributed by atoms with Crippen molar-refractivity contribution in [2.75, 3.05) is 4.72 Å². The first kappa shape index (κ1) is 15.3. The van der Waals surface area contributed by atoms with Crippen LogP contribution in [0.25, 0.3) is 0 Å². The standard InChI is InChI=1S/C13H9F4NO2S/c14-11-3-1-2-4-12(11)18-21(19,20)10-7-5-9(6-8-10)13(15,16)17/h1-8,18H. The first-order valence-electron chi connectivity index (χ1n) is 5.65. The van der Waals surface area contributed by atoms with Crippen LogP contribution in [-0.2, 0) is 16.2 Å². The van der Waals surface area contributed by atoms with Crippen molar-refractivity contribution in [2.24, 2.45) is 0 Å². The first-order valence-corrected chi connectivity index (χ1v) is 7.13. The van der Waals surface area contributed by atoms with Gasteiger partial charge in [0.2, 0.25) is 0 Å². The third-order valence-electron chi connectivity index (χ3n) is 2.61. The molecular weight excluding hydrogens is 310 g/mol. The van der Waals surface area contributed by atoms with Crippen LogP contribution in [0.5, 0.6) is 0 Å². The molecular formula is C13H9F4NO2S. The minimum atomic E-state index is -4.55. The van der Waals surface area contributed by atoms with Crippen molar-refractivity contribution in [3.05, 3.63) is 59.9 Å². The molecule has 21 heavy (non-hydrogen) atoms. The highest BCUT2D eigenvalue weighted by Crippen LogP contribution is 2.30. The lowest BCUT2D eigenvalue weighted by Gasteiger charge is -2.10. The van der Waals surface area contributed by atoms with E-state index >= 15 is 0 Å². The fourth-order valence-electron chi connectivity index (χ4n) is 1.57. The van der Waals surface area contributed by atoms with Gasteiger partial charge < -0.3 is 0 Å². The van der Waals surface area contributed by atoms with Crippen molar-refractivity contribution in [1.82, 2.24) is 0 Å². The Kier molecular flexibility index (Phi) is 3.91. The van der Waals surface area contributed by atoms with Crippen LogP contribution in [0.2, 0.25) is 0 Å². The quantitative estimate of drug-likeness (QED) is 0.878. The van der Waals surface area contributed by atoms with E-state index in [0.717, 1.165) is 18.2 Å². The number of benzene rings is 2. The Labute approximate surface area is 118 Å². The summed E-state index contributed by atoms with van der Waals surface area (Å²) < 4.78 is 76.5. The molecule has 3 nitrogen and oxygen atoms in total. The highest BCUT2D eigenvalue weighted by atomic mass is 32.2. The van der Waals surface area contributed by atoms with Gasteiger partial charge in [-0.25, -0.2) is 12.8 Å². The minimum absolute atomic E-state index is 0.280. The van der Waals surface area contributed by atoms with Crippen LogP contribution in [0.1, 0.15) is 5.56 Å². The van der Waals surface area contributed by atoms with Gasteiger partial charge in [0.15, 0.2) is 0 Å². The number of rotatable bonds is 3. The molecule has 0 aromatic heterocycles. The molecule has 0 aliphatic carbocycles. The van der Waals surface area contributed by atoms with Crippen molar-refractivity contribution >= 4 is 15.7 Å². The van der Waals surface area contributed by atoms with Gasteiger partial charge in [-0.05, 0) is 36.4 Å². The van der Waals surface area contributed by atoms with Crippen molar-refractivity contribution in [3.8, 4) is 0 Å². The van der Waals surface area contributed by atoms with Crippen LogP contribution >= 0.6 is 0 Å². The molecule has 0 radical (unpaired) electrons. The summed E-state index contributed by atoms with van der Waals surface area (Å²) >= 11 is 0. The van der Waals surface area contributed by atoms with Gasteiger partial charge in [-0.15, -0.1) is 0 Å². The number of hydrogen-bond donors (Lipinski definition) is 1. The Morgan fingerprint density at radius 2 is 1.48 bits per heavy atom. The molecule has 2 rings (SSSR count). The molecule has 0 unspecified atom stereocenters. The van der Waals surface area contributed by atoms with Crippen LogP contribution in [0.4, 0.5) is 23.2 Å². The van der Waals surface area contributed by atoms with E-state index in [1.807, 2.05) is 4.72 Å². The average Bonchev–Trinajstić information content (AvgIpc) is 2.40. The Hall–Kier alpha value is -2.09. The first-order chi connectivity index (χ1) is 9.70. The molecule has 0 amide bonds. The van der Waals surface area contributed by atoms with Gasteiger partial charge in [-0.1, -0.05) is 12.1 Å². The largest absolute Gasteiger partial charge is 0.416 e. The summed E-state index contributed by atoms with van der Waals surface area (Å²) in [5, 5.41) is 0. The third kappa shape index (κ3) is 3.52. The van der Waals surface area contributed by atoms with Crippen molar-refractivity contribution < 1.29 is 26.0 Å². The second-order valence-corrected chi connectivity index (χ2v) is 5.79. The molecule has 0 aliphatic heterocycles. The van der Waals surface area contributed by atoms with Crippen LogP contribution in [0.15, 0.2) is 53.4 Å². The van der Waals surface area contributed by atoms with Gasteiger partial charge in [0, 0.05) is 0 Å². The minimum Gasteiger partial charge on any atom is -0.277 e. The fraction of sp³-hybridized carbons (Fsp3) is 0.0769. The highest BCUT2D eigenvalue weighted by Gasteiger charge is 2.30. The zero-order valence-electron chi connectivity index (χ0n) is 10.4. The number of alkyl halides is 3. The second kappa shape index (κ2) is 5.36. The summed E-state index contributed by atoms with van der Waals surface area (Å²) in [7, 11) is -4.16. The fourth-order valence-corrected chi connectivity index (χ4v) is 2.64. The van der Waals surface area contributed by atoms with Gasteiger partial charge >= 0.3 is 6.18 Å². The molecule has 0 atom stereocenters. The number of anilines is 1. The smallest absolute Gasteiger partial charge is 0.277 e. The predicted molar refractivity (Wildman–Crippen MR) is 68.7 cm³/mol. The van der Waals surface area contributed by atoms with E-state index in [1.165, 1.54) is 18.2 Å². The topological polar surface area (TPSA) is 46.2 Å². The number of hydrogen-bond acceptors (Lipinski definition) is 2. The molecule has 0 saturated carbocycles. The van der Waals surface area contributed by atoms with E-state index in [1.54, 1.807) is 0 Å². The van der Waals surface area contributed by atoms with Crippen LogP contribution in [0, 0.1) is 5.82 Å². The summed E-state index contributed by atoms with van der Waals surface area (Å²) in [6, 6.07) is 7.99. The molecule has 8 heteroatoms. The molecule has 0 bridgehead atoms. The Bertz CT molecular complexity index is 740. The number of nitrogens with one attached hydrogen (secondary N) is 1. The van der Waals surface area contributed by atoms with Gasteiger partial charge in [0.05, 0.1) is 16.1 Å². The lowest BCUT2D eigenvalue weighted by Crippen LogP contribution is -2.14.